The standard InChI is InChI=1S/C12H9F3N2OS/c1-6-9(19-11(17-6)10(16)18)7-3-2-4-8(5-7)12(13,14)15/h2-5H,1H3,(H2,16,18). The Balaban J connectivity index is 2.50. The van der Waals surface area contributed by atoms with Crippen LogP contribution in [0.4, 0.5) is 13.2 Å². The van der Waals surface area contributed by atoms with Crippen molar-refractivity contribution in [2.45, 2.75) is 13.1 Å². The van der Waals surface area contributed by atoms with Gasteiger partial charge >= 0.3 is 6.18 Å². The Morgan fingerprint density at radius 1 is 1.37 bits per heavy atom. The zero-order valence-electron chi connectivity index (χ0n) is 9.78. The second-order valence-corrected chi connectivity index (χ2v) is 4.88. The van der Waals surface area contributed by atoms with Gasteiger partial charge in [0.15, 0.2) is 5.01 Å². The maximum absolute atomic E-state index is 12.6. The van der Waals surface area contributed by atoms with E-state index in [1.54, 1.807) is 13.0 Å². The molecule has 0 saturated carbocycles. The first-order chi connectivity index (χ1) is 8.79. The van der Waals surface area contributed by atoms with Gasteiger partial charge in [-0.25, -0.2) is 4.98 Å². The van der Waals surface area contributed by atoms with Gasteiger partial charge in [-0.15, -0.1) is 11.3 Å². The van der Waals surface area contributed by atoms with Crippen LogP contribution in [0.25, 0.3) is 10.4 Å². The molecule has 19 heavy (non-hydrogen) atoms. The summed E-state index contributed by atoms with van der Waals surface area (Å²) in [5.74, 6) is -0.689. The molecule has 0 atom stereocenters. The fourth-order valence-corrected chi connectivity index (χ4v) is 2.52. The Hall–Kier alpha value is -1.89. The van der Waals surface area contributed by atoms with E-state index in [0.717, 1.165) is 23.5 Å². The summed E-state index contributed by atoms with van der Waals surface area (Å²) >= 11 is 0.987. The van der Waals surface area contributed by atoms with E-state index < -0.39 is 17.6 Å². The van der Waals surface area contributed by atoms with Crippen LogP contribution in [0, 0.1) is 6.92 Å². The van der Waals surface area contributed by atoms with Crippen LogP contribution >= 0.6 is 11.3 Å². The van der Waals surface area contributed by atoms with Crippen molar-refractivity contribution in [1.82, 2.24) is 4.98 Å². The van der Waals surface area contributed by atoms with Crippen LogP contribution in [0.1, 0.15) is 21.1 Å². The second-order valence-electron chi connectivity index (χ2n) is 3.88. The Morgan fingerprint density at radius 3 is 2.58 bits per heavy atom. The van der Waals surface area contributed by atoms with Crippen molar-refractivity contribution in [3.63, 3.8) is 0 Å². The van der Waals surface area contributed by atoms with Gasteiger partial charge in [0.1, 0.15) is 0 Å². The molecular weight excluding hydrogens is 277 g/mol. The molecule has 2 aromatic rings. The highest BCUT2D eigenvalue weighted by Gasteiger charge is 2.30. The first kappa shape index (κ1) is 13.5. The minimum atomic E-state index is -4.40. The van der Waals surface area contributed by atoms with Crippen molar-refractivity contribution in [3.05, 3.63) is 40.5 Å². The van der Waals surface area contributed by atoms with Crippen LogP contribution in [0.2, 0.25) is 0 Å². The molecule has 0 unspecified atom stereocenters. The Morgan fingerprint density at radius 2 is 2.05 bits per heavy atom. The lowest BCUT2D eigenvalue weighted by Gasteiger charge is -2.07. The number of halogens is 3. The zero-order chi connectivity index (χ0) is 14.2. The molecule has 2 N–H and O–H groups in total. The van der Waals surface area contributed by atoms with Gasteiger partial charge in [-0.3, -0.25) is 4.79 Å². The summed E-state index contributed by atoms with van der Waals surface area (Å²) in [4.78, 5) is 15.5. The van der Waals surface area contributed by atoms with Gasteiger partial charge in [-0.1, -0.05) is 12.1 Å². The van der Waals surface area contributed by atoms with Gasteiger partial charge in [0.25, 0.3) is 5.91 Å². The third-order valence-electron chi connectivity index (χ3n) is 2.46. The molecule has 2 rings (SSSR count). The van der Waals surface area contributed by atoms with Crippen LogP contribution in [0.5, 0.6) is 0 Å². The quantitative estimate of drug-likeness (QED) is 0.921. The zero-order valence-corrected chi connectivity index (χ0v) is 10.6. The SMILES string of the molecule is Cc1nc(C(N)=O)sc1-c1cccc(C(F)(F)F)c1. The number of thiazole rings is 1. The molecule has 0 spiro atoms. The summed E-state index contributed by atoms with van der Waals surface area (Å²) in [5.41, 5.74) is 5.22. The lowest BCUT2D eigenvalue weighted by atomic mass is 10.1. The van der Waals surface area contributed by atoms with Crippen molar-refractivity contribution in [2.24, 2.45) is 5.73 Å². The summed E-state index contributed by atoms with van der Waals surface area (Å²) in [6.45, 7) is 1.62. The normalized spacial score (nSPS) is 11.6. The van der Waals surface area contributed by atoms with E-state index in [2.05, 4.69) is 4.98 Å². The lowest BCUT2D eigenvalue weighted by Crippen LogP contribution is -2.10. The van der Waals surface area contributed by atoms with Gasteiger partial charge in [-0.2, -0.15) is 13.2 Å². The number of aryl methyl sites for hydroxylation is 1. The number of carbonyl (C=O) groups is 1. The van der Waals surface area contributed by atoms with Crippen LogP contribution in [-0.2, 0) is 6.18 Å². The molecule has 0 radical (unpaired) electrons. The number of amides is 1. The van der Waals surface area contributed by atoms with E-state index in [9.17, 15) is 18.0 Å². The van der Waals surface area contributed by atoms with Crippen LogP contribution < -0.4 is 5.73 Å². The molecule has 0 aliphatic carbocycles. The predicted octanol–water partition coefficient (Wildman–Crippen LogP) is 3.24. The van der Waals surface area contributed by atoms with Gasteiger partial charge in [0, 0.05) is 0 Å². The molecule has 0 aliphatic heterocycles. The summed E-state index contributed by atoms with van der Waals surface area (Å²) in [5, 5.41) is 0.0879. The number of primary amides is 1. The number of carbonyl (C=O) groups excluding carboxylic acids is 1. The molecule has 1 aromatic carbocycles. The molecule has 0 aliphatic rings. The number of hydrogen-bond acceptors (Lipinski definition) is 3. The highest BCUT2D eigenvalue weighted by atomic mass is 32.1. The molecule has 7 heteroatoms. The molecule has 0 bridgehead atoms. The average Bonchev–Trinajstić information content (AvgIpc) is 2.71. The van der Waals surface area contributed by atoms with Gasteiger partial charge in [-0.05, 0) is 24.6 Å². The fourth-order valence-electron chi connectivity index (χ4n) is 1.61. The molecule has 0 saturated heterocycles. The van der Waals surface area contributed by atoms with Crippen LogP contribution in [0.3, 0.4) is 0 Å². The van der Waals surface area contributed by atoms with Crippen molar-refractivity contribution < 1.29 is 18.0 Å². The number of rotatable bonds is 2. The molecule has 3 nitrogen and oxygen atoms in total. The minimum Gasteiger partial charge on any atom is -0.364 e. The van der Waals surface area contributed by atoms with Crippen molar-refractivity contribution >= 4 is 17.2 Å². The number of hydrogen-bond donors (Lipinski definition) is 1. The first-order valence-electron chi connectivity index (χ1n) is 5.24. The smallest absolute Gasteiger partial charge is 0.364 e. The van der Waals surface area contributed by atoms with E-state index in [0.29, 0.717) is 16.1 Å². The van der Waals surface area contributed by atoms with Gasteiger partial charge in [0.2, 0.25) is 0 Å². The summed E-state index contributed by atoms with van der Waals surface area (Å²) in [7, 11) is 0. The third kappa shape index (κ3) is 2.76. The fraction of sp³-hybridized carbons (Fsp3) is 0.167. The molecule has 0 fully saturated rings. The van der Waals surface area contributed by atoms with Crippen molar-refractivity contribution in [3.8, 4) is 10.4 Å². The minimum absolute atomic E-state index is 0.0879. The van der Waals surface area contributed by atoms with Gasteiger partial charge in [0.05, 0.1) is 16.1 Å². The number of alkyl halides is 3. The average molecular weight is 286 g/mol. The number of benzene rings is 1. The number of nitrogens with zero attached hydrogens (tertiary/aromatic N) is 1. The summed E-state index contributed by atoms with van der Waals surface area (Å²) < 4.78 is 37.9. The van der Waals surface area contributed by atoms with E-state index in [1.165, 1.54) is 6.07 Å². The predicted molar refractivity (Wildman–Crippen MR) is 65.8 cm³/mol. The monoisotopic (exact) mass is 286 g/mol. The van der Waals surface area contributed by atoms with E-state index in [4.69, 9.17) is 5.73 Å². The Kier molecular flexibility index (Phi) is 3.32. The molecule has 100 valence electrons. The van der Waals surface area contributed by atoms with E-state index >= 15 is 0 Å². The first-order valence-corrected chi connectivity index (χ1v) is 6.05. The highest BCUT2D eigenvalue weighted by molar-refractivity contribution is 7.17. The largest absolute Gasteiger partial charge is 0.416 e. The van der Waals surface area contributed by atoms with Gasteiger partial charge < -0.3 is 5.73 Å². The maximum atomic E-state index is 12.6. The van der Waals surface area contributed by atoms with E-state index in [1.807, 2.05) is 0 Å². The van der Waals surface area contributed by atoms with Crippen LogP contribution in [0.15, 0.2) is 24.3 Å². The molecule has 1 heterocycles. The lowest BCUT2D eigenvalue weighted by molar-refractivity contribution is -0.137. The van der Waals surface area contributed by atoms with Crippen molar-refractivity contribution in [1.29, 1.82) is 0 Å². The number of nitrogens with two attached hydrogens (primary N) is 1. The van der Waals surface area contributed by atoms with Crippen LogP contribution in [-0.4, -0.2) is 10.9 Å². The topological polar surface area (TPSA) is 56.0 Å². The highest BCUT2D eigenvalue weighted by Crippen LogP contribution is 2.35. The third-order valence-corrected chi connectivity index (χ3v) is 3.68. The Bertz CT molecular complexity index is 634. The summed E-state index contributed by atoms with van der Waals surface area (Å²) in [6, 6.07) is 4.89. The van der Waals surface area contributed by atoms with E-state index in [-0.39, 0.29) is 5.01 Å². The Labute approximate surface area is 110 Å². The summed E-state index contributed by atoms with van der Waals surface area (Å²) in [6.07, 6.45) is -4.40. The molecular formula is C12H9F3N2OS. The molecule has 1 aromatic heterocycles. The second kappa shape index (κ2) is 4.65. The maximum Gasteiger partial charge on any atom is 0.416 e. The van der Waals surface area contributed by atoms with Crippen molar-refractivity contribution in [2.75, 3.05) is 0 Å². The number of aromatic nitrogens is 1. The molecule has 1 amide bonds.